The quantitative estimate of drug-likeness (QED) is 0.436. The van der Waals surface area contributed by atoms with Gasteiger partial charge in [-0.1, -0.05) is 15.9 Å². The van der Waals surface area contributed by atoms with Gasteiger partial charge >= 0.3 is 0 Å². The molecule has 1 aliphatic rings. The molecule has 1 aliphatic heterocycles. The Kier molecular flexibility index (Phi) is 7.81. The molecule has 1 saturated heterocycles. The average Bonchev–Trinajstić information content (AvgIpc) is 2.69. The van der Waals surface area contributed by atoms with E-state index in [4.69, 9.17) is 9.94 Å². The molecule has 1 heterocycles. The summed E-state index contributed by atoms with van der Waals surface area (Å²) in [4.78, 5) is 11.9. The zero-order valence-electron chi connectivity index (χ0n) is 14.5. The van der Waals surface area contributed by atoms with Crippen molar-refractivity contribution in [2.45, 2.75) is 10.9 Å². The van der Waals surface area contributed by atoms with Crippen molar-refractivity contribution in [1.82, 2.24) is 15.1 Å². The number of carbonyl (C=O) groups excluding carboxylic acids is 1. The summed E-state index contributed by atoms with van der Waals surface area (Å²) in [6, 6.07) is 12.2. The Morgan fingerprint density at radius 3 is 2.29 bits per heavy atom. The summed E-state index contributed by atoms with van der Waals surface area (Å²) < 4.78 is 33.5. The van der Waals surface area contributed by atoms with Crippen molar-refractivity contribution < 1.29 is 23.2 Å². The zero-order valence-corrected chi connectivity index (χ0v) is 17.8. The SMILES string of the molecule is Cl.O=C(NO)C1CNCCN1S(=O)(=O)c1ccc(Oc2ccc(Br)cc2)cc1. The van der Waals surface area contributed by atoms with Crippen LogP contribution in [0.4, 0.5) is 0 Å². The predicted molar refractivity (Wildman–Crippen MR) is 108 cm³/mol. The summed E-state index contributed by atoms with van der Waals surface area (Å²) in [5.74, 6) is 0.331. The Labute approximate surface area is 177 Å². The van der Waals surface area contributed by atoms with Crippen molar-refractivity contribution >= 4 is 44.3 Å². The molecule has 3 rings (SSSR count). The molecule has 152 valence electrons. The molecule has 1 fully saturated rings. The topological polar surface area (TPSA) is 108 Å². The van der Waals surface area contributed by atoms with Crippen LogP contribution >= 0.6 is 28.3 Å². The van der Waals surface area contributed by atoms with E-state index in [1.807, 2.05) is 12.1 Å². The van der Waals surface area contributed by atoms with Gasteiger partial charge in [0.05, 0.1) is 4.90 Å². The summed E-state index contributed by atoms with van der Waals surface area (Å²) in [7, 11) is -3.90. The molecule has 1 amide bonds. The first-order valence-corrected chi connectivity index (χ1v) is 10.3. The van der Waals surface area contributed by atoms with Crippen LogP contribution in [0.5, 0.6) is 11.5 Å². The first-order chi connectivity index (χ1) is 12.9. The molecule has 11 heteroatoms. The molecule has 0 spiro atoms. The number of benzene rings is 2. The third-order valence-corrected chi connectivity index (χ3v) is 6.54. The molecular weight excluding hydrogens is 474 g/mol. The van der Waals surface area contributed by atoms with E-state index in [0.717, 1.165) is 8.78 Å². The van der Waals surface area contributed by atoms with Crippen molar-refractivity contribution in [2.75, 3.05) is 19.6 Å². The summed E-state index contributed by atoms with van der Waals surface area (Å²) in [6.07, 6.45) is 0. The Balaban J connectivity index is 0.00000280. The van der Waals surface area contributed by atoms with Crippen LogP contribution in [0.15, 0.2) is 57.9 Å². The number of sulfonamides is 1. The van der Waals surface area contributed by atoms with Crippen LogP contribution in [0.25, 0.3) is 0 Å². The summed E-state index contributed by atoms with van der Waals surface area (Å²) in [5, 5.41) is 11.8. The first-order valence-electron chi connectivity index (χ1n) is 8.12. The van der Waals surface area contributed by atoms with E-state index in [2.05, 4.69) is 21.2 Å². The van der Waals surface area contributed by atoms with Crippen molar-refractivity contribution in [3.63, 3.8) is 0 Å². The average molecular weight is 493 g/mol. The molecule has 28 heavy (non-hydrogen) atoms. The third-order valence-electron chi connectivity index (χ3n) is 4.09. The van der Waals surface area contributed by atoms with Gasteiger partial charge in [0.2, 0.25) is 10.0 Å². The minimum atomic E-state index is -3.90. The lowest BCUT2D eigenvalue weighted by molar-refractivity contribution is -0.133. The molecule has 3 N–H and O–H groups in total. The maximum Gasteiger partial charge on any atom is 0.263 e. The molecule has 2 aromatic rings. The summed E-state index contributed by atoms with van der Waals surface area (Å²) in [5.41, 5.74) is 1.52. The second kappa shape index (κ2) is 9.68. The highest BCUT2D eigenvalue weighted by molar-refractivity contribution is 9.10. The van der Waals surface area contributed by atoms with E-state index in [1.54, 1.807) is 24.3 Å². The number of amides is 1. The molecule has 0 radical (unpaired) electrons. The Bertz CT molecular complexity index is 909. The second-order valence-electron chi connectivity index (χ2n) is 5.84. The van der Waals surface area contributed by atoms with E-state index in [-0.39, 0.29) is 30.4 Å². The highest BCUT2D eigenvalue weighted by Gasteiger charge is 2.37. The van der Waals surface area contributed by atoms with E-state index >= 15 is 0 Å². The predicted octanol–water partition coefficient (Wildman–Crippen LogP) is 2.13. The summed E-state index contributed by atoms with van der Waals surface area (Å²) >= 11 is 3.34. The number of nitrogens with one attached hydrogen (secondary N) is 2. The van der Waals surface area contributed by atoms with E-state index in [1.165, 1.54) is 17.6 Å². The van der Waals surface area contributed by atoms with Gasteiger partial charge in [0.25, 0.3) is 5.91 Å². The van der Waals surface area contributed by atoms with Gasteiger partial charge < -0.3 is 10.1 Å². The molecule has 8 nitrogen and oxygen atoms in total. The van der Waals surface area contributed by atoms with Gasteiger partial charge in [0, 0.05) is 24.1 Å². The van der Waals surface area contributed by atoms with Crippen LogP contribution in [-0.4, -0.2) is 49.5 Å². The van der Waals surface area contributed by atoms with E-state index < -0.39 is 22.0 Å². The van der Waals surface area contributed by atoms with Gasteiger partial charge in [0.15, 0.2) is 0 Å². The lowest BCUT2D eigenvalue weighted by Crippen LogP contribution is -2.59. The lowest BCUT2D eigenvalue weighted by atomic mass is 10.2. The fourth-order valence-electron chi connectivity index (χ4n) is 2.73. The van der Waals surface area contributed by atoms with Crippen molar-refractivity contribution in [3.8, 4) is 11.5 Å². The van der Waals surface area contributed by atoms with Crippen molar-refractivity contribution in [3.05, 3.63) is 53.0 Å². The smallest absolute Gasteiger partial charge is 0.263 e. The van der Waals surface area contributed by atoms with Crippen LogP contribution in [0, 0.1) is 0 Å². The van der Waals surface area contributed by atoms with Gasteiger partial charge in [-0.2, -0.15) is 4.31 Å². The number of carbonyl (C=O) groups is 1. The van der Waals surface area contributed by atoms with Crippen LogP contribution in [-0.2, 0) is 14.8 Å². The molecule has 1 atom stereocenters. The van der Waals surface area contributed by atoms with Crippen LogP contribution < -0.4 is 15.5 Å². The van der Waals surface area contributed by atoms with Crippen molar-refractivity contribution in [2.24, 2.45) is 0 Å². The molecule has 1 unspecified atom stereocenters. The summed E-state index contributed by atoms with van der Waals surface area (Å²) in [6.45, 7) is 0.660. The number of piperazine rings is 1. The zero-order chi connectivity index (χ0) is 19.4. The normalized spacial score (nSPS) is 17.4. The fraction of sp³-hybridized carbons (Fsp3) is 0.235. The van der Waals surface area contributed by atoms with Gasteiger partial charge in [-0.15, -0.1) is 12.4 Å². The minimum Gasteiger partial charge on any atom is -0.457 e. The van der Waals surface area contributed by atoms with Crippen LogP contribution in [0.2, 0.25) is 0 Å². The molecule has 0 bridgehead atoms. The monoisotopic (exact) mass is 491 g/mol. The van der Waals surface area contributed by atoms with Crippen LogP contribution in [0.1, 0.15) is 0 Å². The Morgan fingerprint density at radius 2 is 1.71 bits per heavy atom. The van der Waals surface area contributed by atoms with E-state index in [0.29, 0.717) is 18.0 Å². The van der Waals surface area contributed by atoms with Gasteiger partial charge in [-0.3, -0.25) is 10.0 Å². The van der Waals surface area contributed by atoms with Gasteiger partial charge in [-0.25, -0.2) is 13.9 Å². The largest absolute Gasteiger partial charge is 0.457 e. The van der Waals surface area contributed by atoms with Gasteiger partial charge in [0.1, 0.15) is 17.5 Å². The number of halogens is 2. The van der Waals surface area contributed by atoms with Crippen LogP contribution in [0.3, 0.4) is 0 Å². The highest BCUT2D eigenvalue weighted by atomic mass is 79.9. The highest BCUT2D eigenvalue weighted by Crippen LogP contribution is 2.26. The number of rotatable bonds is 5. The number of nitrogens with zero attached hydrogens (tertiary/aromatic N) is 1. The molecule has 0 saturated carbocycles. The maximum absolute atomic E-state index is 12.9. The van der Waals surface area contributed by atoms with Crippen molar-refractivity contribution in [1.29, 1.82) is 0 Å². The maximum atomic E-state index is 12.9. The number of hydrogen-bond acceptors (Lipinski definition) is 6. The van der Waals surface area contributed by atoms with Gasteiger partial charge in [-0.05, 0) is 48.5 Å². The third kappa shape index (κ3) is 5.02. The fourth-order valence-corrected chi connectivity index (χ4v) is 4.58. The first kappa shape index (κ1) is 22.6. The van der Waals surface area contributed by atoms with E-state index in [9.17, 15) is 13.2 Å². The molecular formula is C17H19BrClN3O5S. The Hall–Kier alpha value is -1.69. The lowest BCUT2D eigenvalue weighted by Gasteiger charge is -2.33. The Morgan fingerprint density at radius 1 is 1.14 bits per heavy atom. The second-order valence-corrected chi connectivity index (χ2v) is 8.65. The molecule has 0 aliphatic carbocycles. The molecule has 2 aromatic carbocycles. The number of hydroxylamine groups is 1. The minimum absolute atomic E-state index is 0. The number of ether oxygens (including phenoxy) is 1. The number of hydrogen-bond donors (Lipinski definition) is 3. The molecule has 0 aromatic heterocycles. The standard InChI is InChI=1S/C17H18BrN3O5S.ClH/c18-12-1-3-13(4-2-12)26-14-5-7-15(8-6-14)27(24,25)21-10-9-19-11-16(21)17(22)20-23;/h1-8,16,19,23H,9-11H2,(H,20,22);1H.